The molecule has 0 saturated heterocycles. The molecule has 1 aromatic carbocycles. The largest absolute Gasteiger partial charge is 0.382 e. The van der Waals surface area contributed by atoms with Crippen LogP contribution in [0.1, 0.15) is 5.56 Å². The molecule has 106 valence electrons. The van der Waals surface area contributed by atoms with Gasteiger partial charge in [-0.3, -0.25) is 4.72 Å². The molecule has 0 aliphatic heterocycles. The van der Waals surface area contributed by atoms with Gasteiger partial charge in [-0.05, 0) is 30.7 Å². The number of aryl methyl sites for hydroxylation is 1. The van der Waals surface area contributed by atoms with Gasteiger partial charge < -0.3 is 5.73 Å². The molecule has 0 amide bonds. The Kier molecular flexibility index (Phi) is 3.82. The van der Waals surface area contributed by atoms with Crippen LogP contribution >= 0.6 is 11.6 Å². The van der Waals surface area contributed by atoms with E-state index < -0.39 is 15.8 Å². The molecule has 2 aromatic rings. The molecule has 8 heteroatoms. The van der Waals surface area contributed by atoms with Gasteiger partial charge in [-0.15, -0.1) is 0 Å². The van der Waals surface area contributed by atoms with Crippen LogP contribution in [-0.4, -0.2) is 13.4 Å². The van der Waals surface area contributed by atoms with E-state index in [1.807, 2.05) is 0 Å². The first-order valence-corrected chi connectivity index (χ1v) is 7.36. The summed E-state index contributed by atoms with van der Waals surface area (Å²) in [7, 11) is -3.90. The van der Waals surface area contributed by atoms with Crippen LogP contribution in [0.15, 0.2) is 35.4 Å². The van der Waals surface area contributed by atoms with E-state index in [2.05, 4.69) is 9.71 Å². The minimum Gasteiger partial charge on any atom is -0.382 e. The maximum Gasteiger partial charge on any atom is 0.263 e. The number of pyridine rings is 1. The normalized spacial score (nSPS) is 11.3. The van der Waals surface area contributed by atoms with Crippen LogP contribution in [-0.2, 0) is 10.0 Å². The highest BCUT2D eigenvalue weighted by Crippen LogP contribution is 2.22. The lowest BCUT2D eigenvalue weighted by Gasteiger charge is -2.09. The molecule has 0 radical (unpaired) electrons. The van der Waals surface area contributed by atoms with E-state index in [9.17, 15) is 12.8 Å². The van der Waals surface area contributed by atoms with Gasteiger partial charge in [-0.1, -0.05) is 17.7 Å². The highest BCUT2D eigenvalue weighted by molar-refractivity contribution is 7.92. The Hall–Kier alpha value is -1.86. The molecule has 0 aliphatic rings. The van der Waals surface area contributed by atoms with Crippen molar-refractivity contribution in [2.24, 2.45) is 0 Å². The Morgan fingerprint density at radius 3 is 2.65 bits per heavy atom. The van der Waals surface area contributed by atoms with Crippen molar-refractivity contribution < 1.29 is 12.8 Å². The lowest BCUT2D eigenvalue weighted by Crippen LogP contribution is -2.13. The molecular weight excluding hydrogens is 305 g/mol. The highest BCUT2D eigenvalue weighted by atomic mass is 35.5. The highest BCUT2D eigenvalue weighted by Gasteiger charge is 2.16. The fourth-order valence-electron chi connectivity index (χ4n) is 1.45. The quantitative estimate of drug-likeness (QED) is 0.911. The van der Waals surface area contributed by atoms with Crippen LogP contribution in [0.3, 0.4) is 0 Å². The maximum absolute atomic E-state index is 13.4. The maximum atomic E-state index is 13.4. The number of sulfonamides is 1. The molecule has 0 atom stereocenters. The second kappa shape index (κ2) is 5.26. The zero-order valence-corrected chi connectivity index (χ0v) is 12.0. The second-order valence-corrected chi connectivity index (χ2v) is 6.20. The van der Waals surface area contributed by atoms with Crippen molar-refractivity contribution in [3.8, 4) is 0 Å². The molecule has 20 heavy (non-hydrogen) atoms. The van der Waals surface area contributed by atoms with E-state index in [-0.39, 0.29) is 21.4 Å². The van der Waals surface area contributed by atoms with Gasteiger partial charge in [-0.25, -0.2) is 17.8 Å². The van der Waals surface area contributed by atoms with Gasteiger partial charge in [0.2, 0.25) is 0 Å². The lowest BCUT2D eigenvalue weighted by atomic mass is 10.2. The topological polar surface area (TPSA) is 85.1 Å². The average Bonchev–Trinajstić information content (AvgIpc) is 2.37. The van der Waals surface area contributed by atoms with Gasteiger partial charge in [0.05, 0.1) is 10.7 Å². The Morgan fingerprint density at radius 2 is 2.05 bits per heavy atom. The van der Waals surface area contributed by atoms with Crippen molar-refractivity contribution in [3.63, 3.8) is 0 Å². The predicted octanol–water partition coefficient (Wildman–Crippen LogP) is 2.57. The number of nitrogens with one attached hydrogen (secondary N) is 1. The minimum atomic E-state index is -3.90. The summed E-state index contributed by atoms with van der Waals surface area (Å²) in [5.74, 6) is -0.467. The van der Waals surface area contributed by atoms with Crippen LogP contribution in [0.4, 0.5) is 15.9 Å². The first-order valence-electron chi connectivity index (χ1n) is 5.49. The Balaban J connectivity index is 2.35. The Bertz CT molecular complexity index is 765. The van der Waals surface area contributed by atoms with E-state index in [1.165, 1.54) is 18.2 Å². The van der Waals surface area contributed by atoms with Crippen molar-refractivity contribution in [3.05, 3.63) is 46.9 Å². The number of halogens is 2. The number of nitrogen functional groups attached to an aromatic ring is 1. The summed E-state index contributed by atoms with van der Waals surface area (Å²) in [6, 6.07) is 5.21. The summed E-state index contributed by atoms with van der Waals surface area (Å²) < 4.78 is 39.8. The summed E-state index contributed by atoms with van der Waals surface area (Å²) in [4.78, 5) is 3.52. The number of anilines is 2. The summed E-state index contributed by atoms with van der Waals surface area (Å²) in [6.07, 6.45) is 1.08. The van der Waals surface area contributed by atoms with Crippen LogP contribution < -0.4 is 10.5 Å². The standard InChI is InChI=1S/C12H11ClFN3O2S/c1-7-2-3-8(4-11(7)14)17-20(18,19)9-5-10(13)12(15)16-6-9/h2-6,17H,1H3,(H2,15,16). The first kappa shape index (κ1) is 14.5. The molecule has 0 bridgehead atoms. The number of hydrogen-bond donors (Lipinski definition) is 2. The number of hydrogen-bond acceptors (Lipinski definition) is 4. The molecule has 3 N–H and O–H groups in total. The van der Waals surface area contributed by atoms with Gasteiger partial charge in [-0.2, -0.15) is 0 Å². The minimum absolute atomic E-state index is 0.0305. The van der Waals surface area contributed by atoms with Crippen molar-refractivity contribution in [1.82, 2.24) is 4.98 Å². The van der Waals surface area contributed by atoms with Gasteiger partial charge >= 0.3 is 0 Å². The molecule has 0 fully saturated rings. The number of aromatic nitrogens is 1. The molecule has 2 rings (SSSR count). The van der Waals surface area contributed by atoms with Crippen LogP contribution in [0.25, 0.3) is 0 Å². The second-order valence-electron chi connectivity index (χ2n) is 4.11. The molecule has 1 heterocycles. The van der Waals surface area contributed by atoms with E-state index in [4.69, 9.17) is 17.3 Å². The van der Waals surface area contributed by atoms with Crippen molar-refractivity contribution in [2.75, 3.05) is 10.5 Å². The van der Waals surface area contributed by atoms with E-state index in [0.29, 0.717) is 5.56 Å². The van der Waals surface area contributed by atoms with Gasteiger partial charge in [0.25, 0.3) is 10.0 Å². The third-order valence-corrected chi connectivity index (χ3v) is 4.23. The average molecular weight is 316 g/mol. The fourth-order valence-corrected chi connectivity index (χ4v) is 2.70. The fraction of sp³-hybridized carbons (Fsp3) is 0.0833. The number of nitrogens with two attached hydrogens (primary N) is 1. The third kappa shape index (κ3) is 3.00. The summed E-state index contributed by atoms with van der Waals surface area (Å²) in [6.45, 7) is 1.58. The van der Waals surface area contributed by atoms with Crippen LogP contribution in [0, 0.1) is 12.7 Å². The molecule has 0 spiro atoms. The smallest absolute Gasteiger partial charge is 0.263 e. The predicted molar refractivity (Wildman–Crippen MR) is 75.6 cm³/mol. The monoisotopic (exact) mass is 315 g/mol. The first-order chi connectivity index (χ1) is 9.29. The zero-order valence-electron chi connectivity index (χ0n) is 10.4. The molecule has 0 unspecified atom stereocenters. The molecule has 1 aromatic heterocycles. The lowest BCUT2D eigenvalue weighted by molar-refractivity contribution is 0.600. The number of rotatable bonds is 3. The molecular formula is C12H11ClFN3O2S. The van der Waals surface area contributed by atoms with Crippen LogP contribution in [0.5, 0.6) is 0 Å². The molecule has 0 aliphatic carbocycles. The third-order valence-electron chi connectivity index (χ3n) is 2.58. The van der Waals surface area contributed by atoms with Crippen molar-refractivity contribution in [2.45, 2.75) is 11.8 Å². The number of nitrogens with zero attached hydrogens (tertiary/aromatic N) is 1. The van der Waals surface area contributed by atoms with Crippen LogP contribution in [0.2, 0.25) is 5.02 Å². The van der Waals surface area contributed by atoms with Crippen molar-refractivity contribution in [1.29, 1.82) is 0 Å². The summed E-state index contributed by atoms with van der Waals surface area (Å²) in [5, 5.41) is 0.0305. The van der Waals surface area contributed by atoms with E-state index >= 15 is 0 Å². The molecule has 0 saturated carbocycles. The van der Waals surface area contributed by atoms with Gasteiger partial charge in [0, 0.05) is 6.20 Å². The van der Waals surface area contributed by atoms with Crippen molar-refractivity contribution >= 4 is 33.1 Å². The zero-order chi connectivity index (χ0) is 14.9. The number of benzene rings is 1. The van der Waals surface area contributed by atoms with Gasteiger partial charge in [0.15, 0.2) is 0 Å². The Morgan fingerprint density at radius 1 is 1.35 bits per heavy atom. The molecule has 5 nitrogen and oxygen atoms in total. The SMILES string of the molecule is Cc1ccc(NS(=O)(=O)c2cnc(N)c(Cl)c2)cc1F. The summed E-state index contributed by atoms with van der Waals surface area (Å²) in [5.41, 5.74) is 5.95. The van der Waals surface area contributed by atoms with E-state index in [1.54, 1.807) is 6.92 Å². The Labute approximate surface area is 120 Å². The van der Waals surface area contributed by atoms with Gasteiger partial charge in [0.1, 0.15) is 16.5 Å². The van der Waals surface area contributed by atoms with E-state index in [0.717, 1.165) is 12.3 Å². The summed E-state index contributed by atoms with van der Waals surface area (Å²) >= 11 is 5.73.